The molecule has 0 saturated heterocycles. The molecule has 2 aromatic carbocycles. The van der Waals surface area contributed by atoms with E-state index in [1.807, 2.05) is 60.8 Å². The molecule has 1 aromatic heterocycles. The Bertz CT molecular complexity index is 881. The van der Waals surface area contributed by atoms with Crippen LogP contribution < -0.4 is 4.57 Å². The summed E-state index contributed by atoms with van der Waals surface area (Å²) in [6.45, 7) is 0.668. The van der Waals surface area contributed by atoms with Crippen molar-refractivity contribution in [3.63, 3.8) is 0 Å². The zero-order valence-corrected chi connectivity index (χ0v) is 11.3. The second-order valence-electron chi connectivity index (χ2n) is 4.84. The van der Waals surface area contributed by atoms with Gasteiger partial charge in [-0.05, 0) is 24.3 Å². The van der Waals surface area contributed by atoms with Gasteiger partial charge < -0.3 is 0 Å². The minimum Gasteiger partial charge on any atom is -0.193 e. The van der Waals surface area contributed by atoms with Gasteiger partial charge in [-0.2, -0.15) is 15.1 Å². The Labute approximate surface area is 122 Å². The SMILES string of the molecule is N#Cc1ccc(C[n+]2cc(C#N)cc3ccccc32)cc1. The van der Waals surface area contributed by atoms with Crippen LogP contribution in [-0.2, 0) is 6.54 Å². The van der Waals surface area contributed by atoms with Gasteiger partial charge >= 0.3 is 0 Å². The van der Waals surface area contributed by atoms with E-state index in [2.05, 4.69) is 16.7 Å². The Kier molecular flexibility index (Phi) is 3.33. The highest BCUT2D eigenvalue weighted by atomic mass is 14.9. The van der Waals surface area contributed by atoms with E-state index in [1.54, 1.807) is 0 Å². The van der Waals surface area contributed by atoms with Crippen molar-refractivity contribution in [1.29, 1.82) is 10.5 Å². The van der Waals surface area contributed by atoms with Crippen LogP contribution in [0.15, 0.2) is 60.8 Å². The lowest BCUT2D eigenvalue weighted by atomic mass is 10.1. The van der Waals surface area contributed by atoms with Gasteiger partial charge in [-0.1, -0.05) is 24.3 Å². The Morgan fingerprint density at radius 1 is 0.857 bits per heavy atom. The predicted octanol–water partition coefficient (Wildman–Crippen LogP) is 2.92. The van der Waals surface area contributed by atoms with E-state index in [0.29, 0.717) is 17.7 Å². The Morgan fingerprint density at radius 3 is 2.29 bits per heavy atom. The summed E-state index contributed by atoms with van der Waals surface area (Å²) in [5.41, 5.74) is 3.47. The van der Waals surface area contributed by atoms with Crippen molar-refractivity contribution in [2.75, 3.05) is 0 Å². The molecule has 0 N–H and O–H groups in total. The molecule has 0 amide bonds. The summed E-state index contributed by atoms with van der Waals surface area (Å²) in [6, 6.07) is 21.7. The molecule has 3 aromatic rings. The number of rotatable bonds is 2. The first-order chi connectivity index (χ1) is 10.3. The molecule has 0 atom stereocenters. The molecular formula is C18H12N3+. The third-order valence-electron chi connectivity index (χ3n) is 3.42. The highest BCUT2D eigenvalue weighted by molar-refractivity contribution is 5.76. The first kappa shape index (κ1) is 12.8. The first-order valence-electron chi connectivity index (χ1n) is 6.61. The second-order valence-corrected chi connectivity index (χ2v) is 4.84. The molecule has 0 spiro atoms. The molecular weight excluding hydrogens is 258 g/mol. The molecule has 0 aliphatic heterocycles. The third-order valence-corrected chi connectivity index (χ3v) is 3.42. The molecule has 0 aliphatic rings. The average Bonchev–Trinajstić information content (AvgIpc) is 2.55. The number of pyridine rings is 1. The van der Waals surface area contributed by atoms with E-state index in [-0.39, 0.29) is 0 Å². The lowest BCUT2D eigenvalue weighted by molar-refractivity contribution is -0.662. The number of benzene rings is 2. The van der Waals surface area contributed by atoms with Gasteiger partial charge in [0.2, 0.25) is 5.52 Å². The van der Waals surface area contributed by atoms with Crippen molar-refractivity contribution in [3.05, 3.63) is 77.5 Å². The molecule has 0 fully saturated rings. The average molecular weight is 270 g/mol. The van der Waals surface area contributed by atoms with Crippen LogP contribution >= 0.6 is 0 Å². The molecule has 0 unspecified atom stereocenters. The van der Waals surface area contributed by atoms with Crippen molar-refractivity contribution in [3.8, 4) is 12.1 Å². The number of nitriles is 2. The van der Waals surface area contributed by atoms with Gasteiger partial charge in [0.15, 0.2) is 12.7 Å². The summed E-state index contributed by atoms with van der Waals surface area (Å²) in [4.78, 5) is 0. The van der Waals surface area contributed by atoms with Crippen molar-refractivity contribution in [1.82, 2.24) is 0 Å². The number of hydrogen-bond donors (Lipinski definition) is 0. The monoisotopic (exact) mass is 270 g/mol. The zero-order valence-electron chi connectivity index (χ0n) is 11.3. The van der Waals surface area contributed by atoms with E-state index < -0.39 is 0 Å². The molecule has 0 saturated carbocycles. The fourth-order valence-corrected chi connectivity index (χ4v) is 2.39. The third kappa shape index (κ3) is 2.59. The summed E-state index contributed by atoms with van der Waals surface area (Å²) in [5.74, 6) is 0. The van der Waals surface area contributed by atoms with Gasteiger partial charge in [0.05, 0.1) is 11.6 Å². The van der Waals surface area contributed by atoms with Crippen LogP contribution in [0.3, 0.4) is 0 Å². The van der Waals surface area contributed by atoms with E-state index in [4.69, 9.17) is 10.5 Å². The highest BCUT2D eigenvalue weighted by Gasteiger charge is 2.11. The second kappa shape index (κ2) is 5.45. The molecule has 3 heteroatoms. The highest BCUT2D eigenvalue weighted by Crippen LogP contribution is 2.12. The van der Waals surface area contributed by atoms with Gasteiger partial charge in [-0.25, -0.2) is 0 Å². The van der Waals surface area contributed by atoms with Gasteiger partial charge in [0.25, 0.3) is 0 Å². The van der Waals surface area contributed by atoms with Crippen LogP contribution in [0.4, 0.5) is 0 Å². The molecule has 0 aliphatic carbocycles. The van der Waals surface area contributed by atoms with Crippen LogP contribution in [-0.4, -0.2) is 0 Å². The molecule has 3 nitrogen and oxygen atoms in total. The maximum atomic E-state index is 9.16. The van der Waals surface area contributed by atoms with Gasteiger partial charge in [0, 0.05) is 17.0 Å². The van der Waals surface area contributed by atoms with Gasteiger partial charge in [-0.15, -0.1) is 0 Å². The van der Waals surface area contributed by atoms with Gasteiger partial charge in [-0.3, -0.25) is 0 Å². The van der Waals surface area contributed by atoms with Crippen molar-refractivity contribution >= 4 is 10.9 Å². The molecule has 3 rings (SSSR count). The minimum absolute atomic E-state index is 0.641. The largest absolute Gasteiger partial charge is 0.212 e. The maximum Gasteiger partial charge on any atom is 0.212 e. The maximum absolute atomic E-state index is 9.16. The lowest BCUT2D eigenvalue weighted by Crippen LogP contribution is -2.35. The molecule has 0 radical (unpaired) electrons. The predicted molar refractivity (Wildman–Crippen MR) is 79.1 cm³/mol. The smallest absolute Gasteiger partial charge is 0.193 e. The topological polar surface area (TPSA) is 51.5 Å². The minimum atomic E-state index is 0.641. The summed E-state index contributed by atoms with van der Waals surface area (Å²) >= 11 is 0. The quantitative estimate of drug-likeness (QED) is 0.672. The summed E-state index contributed by atoms with van der Waals surface area (Å²) < 4.78 is 2.06. The number of nitrogens with zero attached hydrogens (tertiary/aromatic N) is 3. The van der Waals surface area contributed by atoms with Crippen LogP contribution in [0, 0.1) is 22.7 Å². The van der Waals surface area contributed by atoms with Crippen molar-refractivity contribution < 1.29 is 4.57 Å². The molecule has 21 heavy (non-hydrogen) atoms. The fourth-order valence-electron chi connectivity index (χ4n) is 2.39. The van der Waals surface area contributed by atoms with Crippen LogP contribution in [0.2, 0.25) is 0 Å². The van der Waals surface area contributed by atoms with Crippen LogP contribution in [0.5, 0.6) is 0 Å². The van der Waals surface area contributed by atoms with Crippen molar-refractivity contribution in [2.24, 2.45) is 0 Å². The lowest BCUT2D eigenvalue weighted by Gasteiger charge is -2.03. The summed E-state index contributed by atoms with van der Waals surface area (Å²) in [7, 11) is 0. The number of aromatic nitrogens is 1. The Morgan fingerprint density at radius 2 is 1.57 bits per heavy atom. The van der Waals surface area contributed by atoms with E-state index in [9.17, 15) is 0 Å². The standard InChI is InChI=1S/C18H12N3/c19-10-14-5-7-15(8-6-14)12-21-13-16(11-20)9-17-3-1-2-4-18(17)21/h1-9,13H,12H2/q+1. The van der Waals surface area contributed by atoms with Crippen LogP contribution in [0.1, 0.15) is 16.7 Å². The number of para-hydroxylation sites is 1. The first-order valence-corrected chi connectivity index (χ1v) is 6.61. The Hall–Kier alpha value is -3.17. The Balaban J connectivity index is 2.07. The fraction of sp³-hybridized carbons (Fsp3) is 0.0556. The zero-order chi connectivity index (χ0) is 14.7. The summed E-state index contributed by atoms with van der Waals surface area (Å²) in [5, 5.41) is 19.0. The van der Waals surface area contributed by atoms with Crippen molar-refractivity contribution in [2.45, 2.75) is 6.54 Å². The van der Waals surface area contributed by atoms with E-state index in [0.717, 1.165) is 16.5 Å². The normalized spacial score (nSPS) is 10.0. The van der Waals surface area contributed by atoms with Gasteiger partial charge in [0.1, 0.15) is 11.6 Å². The summed E-state index contributed by atoms with van der Waals surface area (Å²) in [6.07, 6.45) is 1.86. The molecule has 0 bridgehead atoms. The van der Waals surface area contributed by atoms with Crippen LogP contribution in [0.25, 0.3) is 10.9 Å². The van der Waals surface area contributed by atoms with E-state index in [1.165, 1.54) is 0 Å². The van der Waals surface area contributed by atoms with E-state index >= 15 is 0 Å². The number of hydrogen-bond acceptors (Lipinski definition) is 2. The molecule has 98 valence electrons. The molecule has 1 heterocycles. The number of fused-ring (bicyclic) bond motifs is 1.